The number of thioether (sulfide) groups is 2. The Kier molecular flexibility index (Phi) is 7.43. The number of halogens is 1. The number of benzene rings is 1. The Bertz CT molecular complexity index is 995. The summed E-state index contributed by atoms with van der Waals surface area (Å²) in [5, 5.41) is 11.7. The summed E-state index contributed by atoms with van der Waals surface area (Å²) in [6.45, 7) is 5.71. The molecule has 2 heterocycles. The van der Waals surface area contributed by atoms with E-state index in [1.54, 1.807) is 6.08 Å². The fourth-order valence-corrected chi connectivity index (χ4v) is 4.58. The van der Waals surface area contributed by atoms with E-state index in [9.17, 15) is 4.79 Å². The number of nitrogens with one attached hydrogen (secondary N) is 1. The monoisotopic (exact) mass is 449 g/mol. The third-order valence-electron chi connectivity index (χ3n) is 3.34. The summed E-state index contributed by atoms with van der Waals surface area (Å²) in [5.41, 5.74) is 2.46. The third-order valence-corrected chi connectivity index (χ3v) is 6.52. The van der Waals surface area contributed by atoms with E-state index < -0.39 is 5.91 Å². The zero-order chi connectivity index (χ0) is 19.9. The molecule has 0 fully saturated rings. The van der Waals surface area contributed by atoms with Gasteiger partial charge in [-0.1, -0.05) is 82.4 Å². The van der Waals surface area contributed by atoms with E-state index in [0.29, 0.717) is 16.0 Å². The van der Waals surface area contributed by atoms with Gasteiger partial charge in [0.15, 0.2) is 15.2 Å². The molecule has 0 aliphatic heterocycles. The van der Waals surface area contributed by atoms with Gasteiger partial charge in [-0.05, 0) is 12.5 Å². The van der Waals surface area contributed by atoms with E-state index in [-0.39, 0.29) is 10.7 Å². The molecule has 0 saturated carbocycles. The highest BCUT2D eigenvalue weighted by atomic mass is 35.5. The molecule has 0 aliphatic carbocycles. The molecule has 0 unspecified atom stereocenters. The van der Waals surface area contributed by atoms with Gasteiger partial charge in [-0.25, -0.2) is 9.97 Å². The number of rotatable bonds is 8. The van der Waals surface area contributed by atoms with Gasteiger partial charge >= 0.3 is 0 Å². The summed E-state index contributed by atoms with van der Waals surface area (Å²) in [5.74, 6) is 0.980. The van der Waals surface area contributed by atoms with Crippen LogP contribution in [0.2, 0.25) is 5.02 Å². The van der Waals surface area contributed by atoms with Gasteiger partial charge in [-0.15, -0.1) is 16.8 Å². The molecule has 28 heavy (non-hydrogen) atoms. The second kappa shape index (κ2) is 10.0. The van der Waals surface area contributed by atoms with E-state index >= 15 is 0 Å². The van der Waals surface area contributed by atoms with Crippen LogP contribution < -0.4 is 5.32 Å². The van der Waals surface area contributed by atoms with Gasteiger partial charge in [-0.2, -0.15) is 0 Å². The van der Waals surface area contributed by atoms with Crippen molar-refractivity contribution in [3.63, 3.8) is 0 Å². The van der Waals surface area contributed by atoms with Crippen molar-refractivity contribution < 1.29 is 4.79 Å². The largest absolute Gasteiger partial charge is 0.295 e. The average molecular weight is 450 g/mol. The molecule has 3 aromatic rings. The average Bonchev–Trinajstić information content (AvgIpc) is 3.13. The van der Waals surface area contributed by atoms with Crippen molar-refractivity contribution in [3.8, 4) is 0 Å². The standard InChI is InChI=1S/C18H16ClN5OS3/c1-3-7-26-18-24-23-17(28-18)22-15(25)14-13(19)9-20-16(21-14)27-10-12-6-4-5-11(2)8-12/h3-6,8-9H,1,7,10H2,2H3,(H,22,23,25). The molecular weight excluding hydrogens is 434 g/mol. The van der Waals surface area contributed by atoms with Crippen molar-refractivity contribution in [2.24, 2.45) is 0 Å². The quantitative estimate of drug-likeness (QED) is 0.221. The summed E-state index contributed by atoms with van der Waals surface area (Å²) in [6.07, 6.45) is 3.22. The summed E-state index contributed by atoms with van der Waals surface area (Å²) < 4.78 is 0.749. The normalized spacial score (nSPS) is 10.6. The number of nitrogens with zero attached hydrogens (tertiary/aromatic N) is 4. The van der Waals surface area contributed by atoms with Crippen molar-refractivity contribution >= 4 is 57.5 Å². The molecule has 0 saturated heterocycles. The summed E-state index contributed by atoms with van der Waals surface area (Å²) in [6, 6.07) is 8.20. The minimum Gasteiger partial charge on any atom is -0.295 e. The second-order valence-electron chi connectivity index (χ2n) is 5.55. The minimum atomic E-state index is -0.443. The molecule has 2 aromatic heterocycles. The van der Waals surface area contributed by atoms with Crippen LogP contribution in [-0.4, -0.2) is 31.8 Å². The lowest BCUT2D eigenvalue weighted by Crippen LogP contribution is -2.15. The van der Waals surface area contributed by atoms with Gasteiger partial charge in [-0.3, -0.25) is 10.1 Å². The summed E-state index contributed by atoms with van der Waals surface area (Å²) >= 11 is 10.3. The second-order valence-corrected chi connectivity index (χ2v) is 9.15. The molecule has 144 valence electrons. The van der Waals surface area contributed by atoms with Crippen LogP contribution in [0, 0.1) is 6.92 Å². The van der Waals surface area contributed by atoms with Crippen LogP contribution in [0.4, 0.5) is 5.13 Å². The Morgan fingerprint density at radius 3 is 3.00 bits per heavy atom. The van der Waals surface area contributed by atoms with Crippen LogP contribution in [0.25, 0.3) is 0 Å². The first-order chi connectivity index (χ1) is 13.5. The molecule has 1 aromatic carbocycles. The highest BCUT2D eigenvalue weighted by Crippen LogP contribution is 2.27. The molecule has 0 radical (unpaired) electrons. The Labute approximate surface area is 180 Å². The maximum Gasteiger partial charge on any atom is 0.277 e. The number of hydrogen-bond acceptors (Lipinski definition) is 8. The lowest BCUT2D eigenvalue weighted by atomic mass is 10.2. The van der Waals surface area contributed by atoms with Gasteiger partial charge in [0.25, 0.3) is 5.91 Å². The van der Waals surface area contributed by atoms with E-state index in [4.69, 9.17) is 11.6 Å². The fourth-order valence-electron chi connectivity index (χ4n) is 2.13. The van der Waals surface area contributed by atoms with Gasteiger partial charge in [0, 0.05) is 11.5 Å². The smallest absolute Gasteiger partial charge is 0.277 e. The van der Waals surface area contributed by atoms with E-state index in [1.807, 2.05) is 25.1 Å². The molecule has 3 rings (SSSR count). The maximum absolute atomic E-state index is 12.6. The highest BCUT2D eigenvalue weighted by molar-refractivity contribution is 8.01. The number of amides is 1. The van der Waals surface area contributed by atoms with Crippen molar-refractivity contribution in [1.29, 1.82) is 0 Å². The lowest BCUT2D eigenvalue weighted by Gasteiger charge is -2.06. The predicted molar refractivity (Wildman–Crippen MR) is 117 cm³/mol. The minimum absolute atomic E-state index is 0.110. The number of carbonyl (C=O) groups is 1. The van der Waals surface area contributed by atoms with E-state index in [1.165, 1.54) is 46.6 Å². The van der Waals surface area contributed by atoms with E-state index in [0.717, 1.165) is 15.7 Å². The maximum atomic E-state index is 12.6. The van der Waals surface area contributed by atoms with Gasteiger partial charge in [0.1, 0.15) is 0 Å². The highest BCUT2D eigenvalue weighted by Gasteiger charge is 2.17. The molecule has 6 nitrogen and oxygen atoms in total. The SMILES string of the molecule is C=CCSc1nnc(NC(=O)c2nc(SCc3cccc(C)c3)ncc2Cl)s1. The predicted octanol–water partition coefficient (Wildman–Crippen LogP) is 5.11. The van der Waals surface area contributed by atoms with Gasteiger partial charge < -0.3 is 0 Å². The van der Waals surface area contributed by atoms with Crippen LogP contribution in [0.3, 0.4) is 0 Å². The molecule has 0 bridgehead atoms. The third kappa shape index (κ3) is 5.78. The molecule has 0 atom stereocenters. The molecular formula is C18H16ClN5OS3. The summed E-state index contributed by atoms with van der Waals surface area (Å²) in [4.78, 5) is 21.1. The number of aromatic nitrogens is 4. The summed E-state index contributed by atoms with van der Waals surface area (Å²) in [7, 11) is 0. The molecule has 0 spiro atoms. The molecule has 1 amide bonds. The number of carbonyl (C=O) groups excluding carboxylic acids is 1. The van der Waals surface area contributed by atoms with Crippen molar-refractivity contribution in [2.75, 3.05) is 11.1 Å². The number of anilines is 1. The topological polar surface area (TPSA) is 80.7 Å². The van der Waals surface area contributed by atoms with Crippen LogP contribution in [-0.2, 0) is 5.75 Å². The molecule has 10 heteroatoms. The van der Waals surface area contributed by atoms with Crippen molar-refractivity contribution in [2.45, 2.75) is 22.2 Å². The Balaban J connectivity index is 1.67. The number of aryl methyl sites for hydroxylation is 1. The molecule has 1 N–H and O–H groups in total. The van der Waals surface area contributed by atoms with Crippen molar-refractivity contribution in [3.05, 3.63) is 65.0 Å². The van der Waals surface area contributed by atoms with Gasteiger partial charge in [0.05, 0.1) is 11.2 Å². The van der Waals surface area contributed by atoms with Crippen LogP contribution in [0.5, 0.6) is 0 Å². The Morgan fingerprint density at radius 1 is 1.36 bits per heavy atom. The zero-order valence-electron chi connectivity index (χ0n) is 14.9. The fraction of sp³-hybridized carbons (Fsp3) is 0.167. The first kappa shape index (κ1) is 20.8. The zero-order valence-corrected chi connectivity index (χ0v) is 18.1. The van der Waals surface area contributed by atoms with Crippen LogP contribution >= 0.6 is 46.5 Å². The van der Waals surface area contributed by atoms with Crippen molar-refractivity contribution in [1.82, 2.24) is 20.2 Å². The van der Waals surface area contributed by atoms with E-state index in [2.05, 4.69) is 38.1 Å². The Morgan fingerprint density at radius 2 is 2.21 bits per heavy atom. The van der Waals surface area contributed by atoms with Gasteiger partial charge in [0.2, 0.25) is 5.13 Å². The lowest BCUT2D eigenvalue weighted by molar-refractivity contribution is 0.102. The first-order valence-electron chi connectivity index (χ1n) is 8.14. The molecule has 0 aliphatic rings. The number of hydrogen-bond donors (Lipinski definition) is 1. The first-order valence-corrected chi connectivity index (χ1v) is 11.3. The van der Waals surface area contributed by atoms with Crippen LogP contribution in [0.15, 0.2) is 52.6 Å². The Hall–Kier alpha value is -1.94. The van der Waals surface area contributed by atoms with Crippen LogP contribution in [0.1, 0.15) is 21.6 Å².